The van der Waals surface area contributed by atoms with Crippen LogP contribution in [0.2, 0.25) is 0 Å². The largest absolute Gasteiger partial charge is 0.496 e. The Hall–Kier alpha value is -2.61. The molecule has 1 saturated carbocycles. The zero-order chi connectivity index (χ0) is 23.8. The molecule has 1 fully saturated rings. The van der Waals surface area contributed by atoms with Crippen LogP contribution in [0.25, 0.3) is 0 Å². The minimum Gasteiger partial charge on any atom is -0.496 e. The van der Waals surface area contributed by atoms with E-state index in [2.05, 4.69) is 15.9 Å². The van der Waals surface area contributed by atoms with Crippen molar-refractivity contribution >= 4 is 15.9 Å². The topological polar surface area (TPSA) is 68.2 Å². The lowest BCUT2D eigenvalue weighted by molar-refractivity contribution is -0.106. The summed E-state index contributed by atoms with van der Waals surface area (Å²) in [5, 5.41) is 19.3. The fourth-order valence-electron chi connectivity index (χ4n) is 5.32. The summed E-state index contributed by atoms with van der Waals surface area (Å²) in [7, 11) is 4.14. The van der Waals surface area contributed by atoms with E-state index < -0.39 is 11.2 Å². The van der Waals surface area contributed by atoms with Crippen molar-refractivity contribution in [2.45, 2.75) is 30.0 Å². The molecule has 0 saturated heterocycles. The van der Waals surface area contributed by atoms with Gasteiger partial charge in [-0.1, -0.05) is 40.2 Å². The fourth-order valence-corrected chi connectivity index (χ4v) is 5.59. The van der Waals surface area contributed by atoms with Gasteiger partial charge in [0.05, 0.1) is 19.8 Å². The molecule has 33 heavy (non-hydrogen) atoms. The quantitative estimate of drug-likeness (QED) is 0.494. The smallest absolute Gasteiger partial charge is 0.174 e. The zero-order valence-corrected chi connectivity index (χ0v) is 20.2. The average molecular weight is 517 g/mol. The molecular weight excluding hydrogens is 491 g/mol. The van der Waals surface area contributed by atoms with Crippen LogP contribution in [-0.2, 0) is 11.2 Å². The molecule has 2 N–H and O–H groups in total. The molecule has 7 heteroatoms. The highest BCUT2D eigenvalue weighted by Crippen LogP contribution is 2.68. The van der Waals surface area contributed by atoms with Gasteiger partial charge in [-0.15, -0.1) is 0 Å². The Morgan fingerprint density at radius 3 is 2.39 bits per heavy atom. The van der Waals surface area contributed by atoms with Gasteiger partial charge in [0.2, 0.25) is 0 Å². The Morgan fingerprint density at radius 2 is 1.76 bits per heavy atom. The summed E-state index contributed by atoms with van der Waals surface area (Å²) >= 11 is 3.49. The molecule has 174 valence electrons. The number of halogens is 2. The van der Waals surface area contributed by atoms with Crippen molar-refractivity contribution in [1.82, 2.24) is 0 Å². The van der Waals surface area contributed by atoms with Gasteiger partial charge in [0, 0.05) is 29.6 Å². The Labute approximate surface area is 200 Å². The second-order valence-electron chi connectivity index (χ2n) is 8.05. The normalized spacial score (nSPS) is 24.8. The molecule has 0 unspecified atom stereocenters. The Balaban J connectivity index is 0.00000126. The maximum absolute atomic E-state index is 14.2. The van der Waals surface area contributed by atoms with E-state index in [0.29, 0.717) is 35.7 Å². The molecule has 0 spiro atoms. The number of benzene rings is 3. The van der Waals surface area contributed by atoms with Gasteiger partial charge in [-0.05, 0) is 48.2 Å². The third-order valence-electron chi connectivity index (χ3n) is 6.60. The summed E-state index contributed by atoms with van der Waals surface area (Å²) in [4.78, 5) is 0. The van der Waals surface area contributed by atoms with Crippen LogP contribution < -0.4 is 14.2 Å². The molecule has 2 aliphatic rings. The molecule has 0 bridgehead atoms. The number of hydrogen-bond acceptors (Lipinski definition) is 5. The lowest BCUT2D eigenvalue weighted by Crippen LogP contribution is -2.48. The van der Waals surface area contributed by atoms with Gasteiger partial charge in [0.1, 0.15) is 28.7 Å². The van der Waals surface area contributed by atoms with E-state index in [1.807, 2.05) is 30.3 Å². The highest BCUT2D eigenvalue weighted by atomic mass is 79.9. The number of aliphatic hydroxyl groups excluding tert-OH is 1. The van der Waals surface area contributed by atoms with Gasteiger partial charge in [0.15, 0.2) is 5.60 Å². The van der Waals surface area contributed by atoms with Gasteiger partial charge in [0.25, 0.3) is 0 Å². The number of ether oxygens (including phenoxy) is 3. The standard InChI is InChI=1S/C25H22BrFO4.CH4O/c1-29-19-13-21(30-2)23-22(14-19)31-25(16-6-8-17(26)9-7-16)20(10-11-24(23,25)28)15-4-3-5-18(27)12-15;1-2/h3-9,12-14,20,28H,10-11H2,1-2H3;2H,1H3/t20-,24+,25-;/m0./s1. The molecule has 0 aromatic heterocycles. The van der Waals surface area contributed by atoms with Crippen LogP contribution in [0.3, 0.4) is 0 Å². The summed E-state index contributed by atoms with van der Waals surface area (Å²) in [6.45, 7) is 0. The first kappa shape index (κ1) is 23.5. The maximum Gasteiger partial charge on any atom is 0.174 e. The SMILES string of the molecule is CO.COc1cc(OC)c2c(c1)O[C@@]1(c3ccc(Br)cc3)[C@H](c3cccc(F)c3)CC[C@@]21O. The van der Waals surface area contributed by atoms with E-state index in [0.717, 1.165) is 22.7 Å². The summed E-state index contributed by atoms with van der Waals surface area (Å²) in [6, 6.07) is 17.8. The van der Waals surface area contributed by atoms with Crippen LogP contribution in [0.4, 0.5) is 4.39 Å². The Morgan fingerprint density at radius 1 is 1.03 bits per heavy atom. The Bertz CT molecular complexity index is 1150. The van der Waals surface area contributed by atoms with E-state index in [1.165, 1.54) is 12.1 Å². The molecule has 0 amide bonds. The summed E-state index contributed by atoms with van der Waals surface area (Å²) < 4.78 is 32.9. The lowest BCUT2D eigenvalue weighted by atomic mass is 9.71. The minimum absolute atomic E-state index is 0.266. The van der Waals surface area contributed by atoms with Crippen molar-refractivity contribution in [2.24, 2.45) is 0 Å². The fraction of sp³-hybridized carbons (Fsp3) is 0.308. The number of fused-ring (bicyclic) bond motifs is 3. The van der Waals surface area contributed by atoms with Gasteiger partial charge >= 0.3 is 0 Å². The average Bonchev–Trinajstić information content (AvgIpc) is 3.27. The summed E-state index contributed by atoms with van der Waals surface area (Å²) in [5.41, 5.74) is -0.272. The number of rotatable bonds is 4. The van der Waals surface area contributed by atoms with Crippen molar-refractivity contribution in [3.05, 3.63) is 87.6 Å². The maximum atomic E-state index is 14.2. The third-order valence-corrected chi connectivity index (χ3v) is 7.13. The molecule has 3 atom stereocenters. The zero-order valence-electron chi connectivity index (χ0n) is 18.6. The van der Waals surface area contributed by atoms with Crippen molar-refractivity contribution < 1.29 is 28.8 Å². The molecule has 5 rings (SSSR count). The van der Waals surface area contributed by atoms with Crippen LogP contribution >= 0.6 is 15.9 Å². The van der Waals surface area contributed by atoms with Crippen LogP contribution in [0.1, 0.15) is 35.4 Å². The van der Waals surface area contributed by atoms with Crippen LogP contribution in [0.5, 0.6) is 17.2 Å². The van der Waals surface area contributed by atoms with E-state index in [9.17, 15) is 9.50 Å². The number of aliphatic hydroxyl groups is 2. The molecular formula is C26H26BrFO5. The molecule has 3 aromatic carbocycles. The van der Waals surface area contributed by atoms with E-state index in [1.54, 1.807) is 32.4 Å². The van der Waals surface area contributed by atoms with Crippen molar-refractivity contribution in [3.8, 4) is 17.2 Å². The van der Waals surface area contributed by atoms with Crippen LogP contribution in [-0.4, -0.2) is 31.5 Å². The highest BCUT2D eigenvalue weighted by molar-refractivity contribution is 9.10. The minimum atomic E-state index is -1.36. The van der Waals surface area contributed by atoms with Crippen molar-refractivity contribution in [1.29, 1.82) is 0 Å². The predicted molar refractivity (Wildman–Crippen MR) is 126 cm³/mol. The first-order valence-electron chi connectivity index (χ1n) is 10.6. The van der Waals surface area contributed by atoms with Gasteiger partial charge in [-0.25, -0.2) is 4.39 Å². The predicted octanol–water partition coefficient (Wildman–Crippen LogP) is 5.27. The number of methoxy groups -OCH3 is 2. The lowest BCUT2D eigenvalue weighted by Gasteiger charge is -2.40. The highest BCUT2D eigenvalue weighted by Gasteiger charge is 2.69. The number of hydrogen-bond donors (Lipinski definition) is 2. The molecule has 1 aliphatic heterocycles. The van der Waals surface area contributed by atoms with Gasteiger partial charge in [-0.3, -0.25) is 0 Å². The Kier molecular flexibility index (Phi) is 6.40. The molecule has 1 aliphatic carbocycles. The van der Waals surface area contributed by atoms with Gasteiger partial charge < -0.3 is 24.4 Å². The molecule has 3 aromatic rings. The first-order valence-corrected chi connectivity index (χ1v) is 11.4. The van der Waals surface area contributed by atoms with Crippen molar-refractivity contribution in [3.63, 3.8) is 0 Å². The second kappa shape index (κ2) is 8.97. The molecule has 0 radical (unpaired) electrons. The third kappa shape index (κ3) is 3.50. The van der Waals surface area contributed by atoms with Crippen LogP contribution in [0.15, 0.2) is 65.1 Å². The van der Waals surface area contributed by atoms with Gasteiger partial charge in [-0.2, -0.15) is 0 Å². The van der Waals surface area contributed by atoms with E-state index >= 15 is 0 Å². The summed E-state index contributed by atoms with van der Waals surface area (Å²) in [5.74, 6) is 1.03. The molecule has 5 nitrogen and oxygen atoms in total. The second-order valence-corrected chi connectivity index (χ2v) is 8.97. The molecule has 1 heterocycles. The van der Waals surface area contributed by atoms with E-state index in [-0.39, 0.29) is 11.7 Å². The van der Waals surface area contributed by atoms with Crippen LogP contribution in [0, 0.1) is 5.82 Å². The first-order chi connectivity index (χ1) is 15.9. The van der Waals surface area contributed by atoms with E-state index in [4.69, 9.17) is 19.3 Å². The monoisotopic (exact) mass is 516 g/mol. The van der Waals surface area contributed by atoms with Crippen molar-refractivity contribution in [2.75, 3.05) is 21.3 Å². The summed E-state index contributed by atoms with van der Waals surface area (Å²) in [6.07, 6.45) is 1.07.